The largest absolute Gasteiger partial charge is 0.379 e. The molecule has 280 valence electrons. The van der Waals surface area contributed by atoms with Crippen LogP contribution in [0.2, 0.25) is 0 Å². The quantitative estimate of drug-likeness (QED) is 0.175. The molecule has 2 amide bonds. The van der Waals surface area contributed by atoms with Crippen LogP contribution in [0, 0.1) is 6.92 Å². The second-order valence-corrected chi connectivity index (χ2v) is 12.5. The molecular formula is C32H37N17O5. The topological polar surface area (TPSA) is 279 Å². The minimum absolute atomic E-state index is 0.0223. The summed E-state index contributed by atoms with van der Waals surface area (Å²) >= 11 is 0. The maximum atomic E-state index is 13.0. The third kappa shape index (κ3) is 8.34. The second-order valence-electron chi connectivity index (χ2n) is 12.5. The van der Waals surface area contributed by atoms with Gasteiger partial charge in [0.05, 0.1) is 13.2 Å². The van der Waals surface area contributed by atoms with Gasteiger partial charge in [-0.05, 0) is 81.0 Å². The maximum Gasteiger partial charge on any atom is 0.251 e. The molecule has 0 aliphatic carbocycles. The lowest BCUT2D eigenvalue weighted by Crippen LogP contribution is -2.39. The predicted molar refractivity (Wildman–Crippen MR) is 189 cm³/mol. The van der Waals surface area contributed by atoms with E-state index in [1.54, 1.807) is 4.90 Å². The van der Waals surface area contributed by atoms with E-state index in [4.69, 9.17) is 16.2 Å². The van der Waals surface area contributed by atoms with Crippen molar-refractivity contribution in [3.05, 3.63) is 59.7 Å². The number of aromatic nitrogens is 12. The number of amides is 2. The molecule has 1 fully saturated rings. The predicted octanol–water partition coefficient (Wildman–Crippen LogP) is 0.801. The first kappa shape index (κ1) is 35.7. The lowest BCUT2D eigenvalue weighted by atomic mass is 9.99. The molecule has 6 aromatic rings. The molecule has 8 rings (SSSR count). The number of rotatable bonds is 10. The third-order valence-electron chi connectivity index (χ3n) is 8.71. The van der Waals surface area contributed by atoms with Gasteiger partial charge in [-0.2, -0.15) is 9.59 Å². The van der Waals surface area contributed by atoms with Crippen molar-refractivity contribution in [3.8, 4) is 23.0 Å². The molecule has 0 radical (unpaired) electrons. The van der Waals surface area contributed by atoms with Gasteiger partial charge in [-0.1, -0.05) is 35.9 Å². The zero-order valence-corrected chi connectivity index (χ0v) is 29.2. The van der Waals surface area contributed by atoms with Crippen molar-refractivity contribution in [2.45, 2.75) is 38.8 Å². The Bertz CT molecular complexity index is 2170. The van der Waals surface area contributed by atoms with Crippen molar-refractivity contribution < 1.29 is 23.6 Å². The molecule has 0 bridgehead atoms. The van der Waals surface area contributed by atoms with Crippen LogP contribution in [0.25, 0.3) is 23.0 Å². The van der Waals surface area contributed by atoms with Crippen LogP contribution in [0.4, 0.5) is 23.0 Å². The van der Waals surface area contributed by atoms with E-state index >= 15 is 0 Å². The Labute approximate surface area is 306 Å². The first-order chi connectivity index (χ1) is 26.3. The van der Waals surface area contributed by atoms with Gasteiger partial charge in [0.25, 0.3) is 11.8 Å². The minimum Gasteiger partial charge on any atom is -0.379 e. The number of nitrogens with two attached hydrogens (primary N) is 2. The number of fused-ring (bicyclic) bond motifs is 1. The highest BCUT2D eigenvalue weighted by Gasteiger charge is 2.27. The zero-order valence-electron chi connectivity index (χ0n) is 29.2. The standard InChI is InChI=1S/C17H21N9O3.C15H16N8O2/c18-15-14(22-29-23-15)16-20-24-26(21-16)13(6-7-25-8-10-28-11-9-25)17(27)19-12-4-2-1-3-5-12;1-9-4-5-11-10(7-9)3-2-6-22(11)12(24)8-23-18-15(17-21-23)13-14(16)20-25-19-13/h1-5,13H,6-11H2,(H2,18,23)(H,19,27);4-5,7H,2-3,6,8H2,1H3,(H2,16,20). The number of nitrogens with one attached hydrogen (secondary N) is 1. The molecule has 22 heteroatoms. The third-order valence-corrected chi connectivity index (χ3v) is 8.71. The Morgan fingerprint density at radius 2 is 1.57 bits per heavy atom. The number of hydrogen-bond donors (Lipinski definition) is 3. The van der Waals surface area contributed by atoms with E-state index in [1.807, 2.05) is 49.4 Å². The molecule has 0 saturated carbocycles. The molecule has 2 aliphatic heterocycles. The smallest absolute Gasteiger partial charge is 0.251 e. The van der Waals surface area contributed by atoms with Crippen LogP contribution >= 0.6 is 0 Å². The molecule has 5 N–H and O–H groups in total. The van der Waals surface area contributed by atoms with Gasteiger partial charge in [0, 0.05) is 37.6 Å². The van der Waals surface area contributed by atoms with Gasteiger partial charge in [-0.25, -0.2) is 9.26 Å². The molecule has 2 aromatic carbocycles. The summed E-state index contributed by atoms with van der Waals surface area (Å²) in [6.07, 6.45) is 2.41. The summed E-state index contributed by atoms with van der Waals surface area (Å²) in [6.45, 7) is 6.42. The molecule has 0 spiro atoms. The highest BCUT2D eigenvalue weighted by molar-refractivity contribution is 5.94. The van der Waals surface area contributed by atoms with Crippen molar-refractivity contribution in [3.63, 3.8) is 0 Å². The van der Waals surface area contributed by atoms with Crippen molar-refractivity contribution >= 4 is 34.8 Å². The number of hydrogen-bond acceptors (Lipinski definition) is 18. The molecule has 22 nitrogen and oxygen atoms in total. The number of para-hydroxylation sites is 1. The number of nitrogen functional groups attached to an aromatic ring is 2. The maximum absolute atomic E-state index is 13.0. The normalized spacial score (nSPS) is 14.9. The van der Waals surface area contributed by atoms with Crippen molar-refractivity contribution in [2.75, 3.05) is 61.1 Å². The molecule has 54 heavy (non-hydrogen) atoms. The number of carbonyl (C=O) groups excluding carboxylic acids is 2. The lowest BCUT2D eigenvalue weighted by molar-refractivity contribution is -0.120. The van der Waals surface area contributed by atoms with Gasteiger partial charge in [0.1, 0.15) is 6.54 Å². The average molecular weight is 740 g/mol. The van der Waals surface area contributed by atoms with Gasteiger partial charge < -0.3 is 26.4 Å². The summed E-state index contributed by atoms with van der Waals surface area (Å²) in [4.78, 5) is 32.2. The molecule has 4 aromatic heterocycles. The Kier molecular flexibility index (Phi) is 10.8. The Balaban J connectivity index is 0.000000168. The number of anilines is 4. The van der Waals surface area contributed by atoms with Crippen LogP contribution < -0.4 is 21.7 Å². The number of nitrogens with zero attached hydrogens (tertiary/aromatic N) is 14. The van der Waals surface area contributed by atoms with E-state index < -0.39 is 6.04 Å². The van der Waals surface area contributed by atoms with Gasteiger partial charge in [-0.15, -0.1) is 20.4 Å². The van der Waals surface area contributed by atoms with Crippen LogP contribution in [-0.4, -0.2) is 117 Å². The van der Waals surface area contributed by atoms with Gasteiger partial charge >= 0.3 is 0 Å². The van der Waals surface area contributed by atoms with Crippen molar-refractivity contribution in [1.29, 1.82) is 0 Å². The number of carbonyl (C=O) groups is 2. The summed E-state index contributed by atoms with van der Waals surface area (Å²) in [5, 5.41) is 41.3. The van der Waals surface area contributed by atoms with Gasteiger partial charge in [0.2, 0.25) is 11.6 Å². The SMILES string of the molecule is Cc1ccc2c(c1)CCCN2C(=O)Cn1nnc(-c2nonc2N)n1.Nc1nonc1-c1nnn(C(CCN2CCOCC2)C(=O)Nc2ccccc2)n1. The minimum atomic E-state index is -0.666. The number of morpholine rings is 1. The second kappa shape index (κ2) is 16.3. The van der Waals surface area contributed by atoms with Crippen molar-refractivity contribution in [2.24, 2.45) is 0 Å². The highest BCUT2D eigenvalue weighted by Crippen LogP contribution is 2.28. The summed E-state index contributed by atoms with van der Waals surface area (Å²) < 4.78 is 14.5. The van der Waals surface area contributed by atoms with Crippen LogP contribution in [0.15, 0.2) is 57.8 Å². The molecule has 1 atom stereocenters. The monoisotopic (exact) mass is 739 g/mol. The van der Waals surface area contributed by atoms with E-state index in [1.165, 1.54) is 20.7 Å². The summed E-state index contributed by atoms with van der Waals surface area (Å²) in [5.74, 6) is 0.114. The summed E-state index contributed by atoms with van der Waals surface area (Å²) in [6, 6.07) is 14.7. The number of tetrazole rings is 2. The number of aryl methyl sites for hydroxylation is 2. The van der Waals surface area contributed by atoms with Gasteiger partial charge in [0.15, 0.2) is 29.1 Å². The van der Waals surface area contributed by atoms with E-state index in [2.05, 4.69) is 77.0 Å². The van der Waals surface area contributed by atoms with Crippen LogP contribution in [0.5, 0.6) is 0 Å². The van der Waals surface area contributed by atoms with Gasteiger partial charge in [-0.3, -0.25) is 14.5 Å². The van der Waals surface area contributed by atoms with Crippen LogP contribution in [-0.2, 0) is 27.3 Å². The molecule has 6 heterocycles. The summed E-state index contributed by atoms with van der Waals surface area (Å²) in [5.41, 5.74) is 15.7. The van der Waals surface area contributed by atoms with E-state index in [0.717, 1.165) is 31.6 Å². The van der Waals surface area contributed by atoms with Crippen LogP contribution in [0.3, 0.4) is 0 Å². The summed E-state index contributed by atoms with van der Waals surface area (Å²) in [7, 11) is 0. The first-order valence-electron chi connectivity index (χ1n) is 17.1. The molecular weight excluding hydrogens is 702 g/mol. The Hall–Kier alpha value is -6.68. The lowest BCUT2D eigenvalue weighted by Gasteiger charge is -2.29. The van der Waals surface area contributed by atoms with E-state index in [9.17, 15) is 9.59 Å². The average Bonchev–Trinajstić information content (AvgIpc) is 4.01. The Morgan fingerprint density at radius 1 is 0.870 bits per heavy atom. The van der Waals surface area contributed by atoms with E-state index in [0.29, 0.717) is 38.4 Å². The number of benzene rings is 2. The highest BCUT2D eigenvalue weighted by atomic mass is 16.6. The fraction of sp³-hybridized carbons (Fsp3) is 0.375. The number of ether oxygens (including phenoxy) is 1. The zero-order chi connectivity index (χ0) is 37.4. The van der Waals surface area contributed by atoms with Crippen molar-refractivity contribution in [1.82, 2.24) is 65.9 Å². The molecule has 1 unspecified atom stereocenters. The Morgan fingerprint density at radius 3 is 2.28 bits per heavy atom. The first-order valence-corrected chi connectivity index (χ1v) is 17.1. The fourth-order valence-electron chi connectivity index (χ4n) is 5.98. The van der Waals surface area contributed by atoms with Crippen LogP contribution in [0.1, 0.15) is 30.0 Å². The van der Waals surface area contributed by atoms with E-state index in [-0.39, 0.29) is 53.0 Å². The molecule has 1 saturated heterocycles. The fourth-order valence-corrected chi connectivity index (χ4v) is 5.98. The molecule has 2 aliphatic rings.